The molecule has 26 heavy (non-hydrogen) atoms. The number of hydrogen-bond donors (Lipinski definition) is 0. The van der Waals surface area contributed by atoms with Gasteiger partial charge >= 0.3 is 0 Å². The number of aromatic nitrogens is 2. The summed E-state index contributed by atoms with van der Waals surface area (Å²) in [5, 5.41) is 14.2. The van der Waals surface area contributed by atoms with E-state index in [9.17, 15) is 10.1 Å². The van der Waals surface area contributed by atoms with E-state index in [1.54, 1.807) is 12.1 Å². The zero-order valence-corrected chi connectivity index (χ0v) is 15.6. The number of nitro benzene ring substituents is 1. The SMILES string of the molecule is CN1CCN(c2nc(Cl)nc3scc(-c4cccc([N+](=O)[O-])c4)c23)CC1. The molecule has 0 unspecified atom stereocenters. The summed E-state index contributed by atoms with van der Waals surface area (Å²) in [5.74, 6) is 0.802. The molecule has 1 fully saturated rings. The Hall–Kier alpha value is -2.29. The van der Waals surface area contributed by atoms with Crippen molar-refractivity contribution in [2.24, 2.45) is 0 Å². The van der Waals surface area contributed by atoms with Gasteiger partial charge in [0.15, 0.2) is 0 Å². The Bertz CT molecular complexity index is 984. The Balaban J connectivity index is 1.87. The van der Waals surface area contributed by atoms with Gasteiger partial charge in [-0.2, -0.15) is 4.98 Å². The number of hydrogen-bond acceptors (Lipinski definition) is 7. The first-order chi connectivity index (χ1) is 12.5. The molecular weight excluding hydrogens is 374 g/mol. The lowest BCUT2D eigenvalue weighted by molar-refractivity contribution is -0.384. The second-order valence-electron chi connectivity index (χ2n) is 6.24. The molecule has 1 aliphatic rings. The summed E-state index contributed by atoms with van der Waals surface area (Å²) in [5.41, 5.74) is 1.75. The van der Waals surface area contributed by atoms with E-state index in [4.69, 9.17) is 11.6 Å². The number of fused-ring (bicyclic) bond motifs is 1. The molecule has 7 nitrogen and oxygen atoms in total. The molecule has 0 amide bonds. The van der Waals surface area contributed by atoms with Crippen molar-refractivity contribution in [2.45, 2.75) is 0 Å². The Kier molecular flexibility index (Phi) is 4.47. The largest absolute Gasteiger partial charge is 0.353 e. The van der Waals surface area contributed by atoms with Crippen molar-refractivity contribution < 1.29 is 4.92 Å². The maximum absolute atomic E-state index is 11.1. The molecule has 3 aromatic rings. The number of nitrogens with zero attached hydrogens (tertiary/aromatic N) is 5. The van der Waals surface area contributed by atoms with Crippen molar-refractivity contribution in [3.63, 3.8) is 0 Å². The van der Waals surface area contributed by atoms with Crippen LogP contribution in [0, 0.1) is 10.1 Å². The Morgan fingerprint density at radius 1 is 1.23 bits per heavy atom. The second kappa shape index (κ2) is 6.79. The second-order valence-corrected chi connectivity index (χ2v) is 7.44. The first-order valence-corrected chi connectivity index (χ1v) is 9.42. The van der Waals surface area contributed by atoms with Gasteiger partial charge in [0.25, 0.3) is 5.69 Å². The summed E-state index contributed by atoms with van der Waals surface area (Å²) >= 11 is 7.63. The van der Waals surface area contributed by atoms with E-state index in [2.05, 4.69) is 26.8 Å². The molecule has 1 saturated heterocycles. The normalized spacial score (nSPS) is 15.5. The fourth-order valence-electron chi connectivity index (χ4n) is 3.14. The molecule has 0 N–H and O–H groups in total. The summed E-state index contributed by atoms with van der Waals surface area (Å²) in [6.07, 6.45) is 0. The van der Waals surface area contributed by atoms with Crippen LogP contribution in [0.2, 0.25) is 5.28 Å². The van der Waals surface area contributed by atoms with E-state index in [1.165, 1.54) is 17.4 Å². The fourth-order valence-corrected chi connectivity index (χ4v) is 4.30. The van der Waals surface area contributed by atoms with E-state index in [0.717, 1.165) is 53.3 Å². The monoisotopic (exact) mass is 389 g/mol. The maximum Gasteiger partial charge on any atom is 0.270 e. The van der Waals surface area contributed by atoms with Crippen LogP contribution in [0.5, 0.6) is 0 Å². The van der Waals surface area contributed by atoms with Crippen LogP contribution in [0.25, 0.3) is 21.3 Å². The predicted molar refractivity (Wildman–Crippen MR) is 104 cm³/mol. The molecular formula is C17H16ClN5O2S. The highest BCUT2D eigenvalue weighted by atomic mass is 35.5. The van der Waals surface area contributed by atoms with Gasteiger partial charge in [0.2, 0.25) is 5.28 Å². The number of likely N-dealkylation sites (N-methyl/N-ethyl adjacent to an activating group) is 1. The topological polar surface area (TPSA) is 75.4 Å². The van der Waals surface area contributed by atoms with Crippen molar-refractivity contribution in [3.8, 4) is 11.1 Å². The van der Waals surface area contributed by atoms with Crippen LogP contribution < -0.4 is 4.90 Å². The van der Waals surface area contributed by atoms with Gasteiger partial charge in [-0.3, -0.25) is 10.1 Å². The molecule has 0 aliphatic carbocycles. The first-order valence-electron chi connectivity index (χ1n) is 8.16. The highest BCUT2D eigenvalue weighted by Crippen LogP contribution is 2.39. The highest BCUT2D eigenvalue weighted by molar-refractivity contribution is 7.17. The Morgan fingerprint density at radius 3 is 2.73 bits per heavy atom. The summed E-state index contributed by atoms with van der Waals surface area (Å²) in [7, 11) is 2.10. The molecule has 2 aromatic heterocycles. The van der Waals surface area contributed by atoms with Crippen LogP contribution in [0.4, 0.5) is 11.5 Å². The van der Waals surface area contributed by atoms with Crippen LogP contribution in [0.1, 0.15) is 0 Å². The van der Waals surface area contributed by atoms with Crippen LogP contribution >= 0.6 is 22.9 Å². The number of anilines is 1. The Morgan fingerprint density at radius 2 is 2.00 bits per heavy atom. The molecule has 0 atom stereocenters. The predicted octanol–water partition coefficient (Wildman–Crippen LogP) is 3.67. The minimum atomic E-state index is -0.382. The Labute approximate surface area is 159 Å². The van der Waals surface area contributed by atoms with Gasteiger partial charge in [0.05, 0.1) is 10.3 Å². The minimum Gasteiger partial charge on any atom is -0.353 e. The van der Waals surface area contributed by atoms with E-state index < -0.39 is 0 Å². The molecule has 1 aliphatic heterocycles. The fraction of sp³-hybridized carbons (Fsp3) is 0.294. The van der Waals surface area contributed by atoms with Gasteiger partial charge < -0.3 is 9.80 Å². The number of halogens is 1. The average molecular weight is 390 g/mol. The zero-order valence-electron chi connectivity index (χ0n) is 14.1. The zero-order chi connectivity index (χ0) is 18.3. The van der Waals surface area contributed by atoms with Crippen LogP contribution in [0.15, 0.2) is 29.6 Å². The highest BCUT2D eigenvalue weighted by Gasteiger charge is 2.22. The minimum absolute atomic E-state index is 0.0675. The number of thiophene rings is 1. The maximum atomic E-state index is 11.1. The van der Waals surface area contributed by atoms with Crippen LogP contribution in [-0.4, -0.2) is 53.0 Å². The molecule has 4 rings (SSSR count). The molecule has 0 saturated carbocycles. The number of non-ortho nitro benzene ring substituents is 1. The lowest BCUT2D eigenvalue weighted by Crippen LogP contribution is -2.44. The van der Waals surface area contributed by atoms with Crippen molar-refractivity contribution >= 4 is 44.7 Å². The summed E-state index contributed by atoms with van der Waals surface area (Å²) in [6, 6.07) is 6.65. The van der Waals surface area contributed by atoms with Crippen molar-refractivity contribution in [3.05, 3.63) is 45.0 Å². The molecule has 0 radical (unpaired) electrons. The molecule has 1 aromatic carbocycles. The smallest absolute Gasteiger partial charge is 0.270 e. The third kappa shape index (κ3) is 3.11. The van der Waals surface area contributed by atoms with E-state index in [0.29, 0.717) is 0 Å². The molecule has 3 heterocycles. The third-order valence-electron chi connectivity index (χ3n) is 4.56. The van der Waals surface area contributed by atoms with Crippen molar-refractivity contribution in [2.75, 3.05) is 38.1 Å². The molecule has 134 valence electrons. The van der Waals surface area contributed by atoms with E-state index in [-0.39, 0.29) is 15.9 Å². The van der Waals surface area contributed by atoms with E-state index in [1.807, 2.05) is 11.4 Å². The lowest BCUT2D eigenvalue weighted by atomic mass is 10.0. The van der Waals surface area contributed by atoms with E-state index >= 15 is 0 Å². The lowest BCUT2D eigenvalue weighted by Gasteiger charge is -2.33. The summed E-state index contributed by atoms with van der Waals surface area (Å²) < 4.78 is 0. The first kappa shape index (κ1) is 17.1. The van der Waals surface area contributed by atoms with Gasteiger partial charge in [-0.25, -0.2) is 4.98 Å². The summed E-state index contributed by atoms with van der Waals surface area (Å²) in [6.45, 7) is 3.59. The standard InChI is InChI=1S/C17H16ClN5O2S/c1-21-5-7-22(8-6-21)15-14-13(10-26-16(14)20-17(18)19-15)11-3-2-4-12(9-11)23(24)25/h2-4,9-10H,5-8H2,1H3. The number of benzene rings is 1. The average Bonchev–Trinajstić information content (AvgIpc) is 3.05. The summed E-state index contributed by atoms with van der Waals surface area (Å²) in [4.78, 5) is 24.9. The quantitative estimate of drug-likeness (QED) is 0.386. The number of rotatable bonds is 3. The molecule has 9 heteroatoms. The van der Waals surface area contributed by atoms with Gasteiger partial charge in [-0.05, 0) is 24.2 Å². The number of nitro groups is 1. The van der Waals surface area contributed by atoms with Gasteiger partial charge in [0.1, 0.15) is 10.6 Å². The van der Waals surface area contributed by atoms with Gasteiger partial charge in [-0.15, -0.1) is 11.3 Å². The third-order valence-corrected chi connectivity index (χ3v) is 5.60. The van der Waals surface area contributed by atoms with Crippen molar-refractivity contribution in [1.29, 1.82) is 0 Å². The van der Waals surface area contributed by atoms with Crippen molar-refractivity contribution in [1.82, 2.24) is 14.9 Å². The van der Waals surface area contributed by atoms with Crippen LogP contribution in [-0.2, 0) is 0 Å². The molecule has 0 spiro atoms. The number of piperazine rings is 1. The van der Waals surface area contributed by atoms with Gasteiger partial charge in [0, 0.05) is 49.3 Å². The van der Waals surface area contributed by atoms with Crippen LogP contribution in [0.3, 0.4) is 0 Å². The van der Waals surface area contributed by atoms with Gasteiger partial charge in [-0.1, -0.05) is 12.1 Å². The molecule has 0 bridgehead atoms.